The summed E-state index contributed by atoms with van der Waals surface area (Å²) in [5.41, 5.74) is 2.68. The molecule has 0 aliphatic heterocycles. The molecule has 0 bridgehead atoms. The number of rotatable bonds is 1. The number of aliphatic hydroxyl groups excluding tert-OH is 1. The summed E-state index contributed by atoms with van der Waals surface area (Å²) in [6.45, 7) is 4.22. The zero-order valence-electron chi connectivity index (χ0n) is 6.15. The lowest BCUT2D eigenvalue weighted by molar-refractivity contribution is 0.209. The first-order chi connectivity index (χ1) is 4.25. The normalized spacial score (nSPS) is 27.7. The molecule has 0 aromatic heterocycles. The molecule has 1 nitrogen and oxygen atoms in total. The van der Waals surface area contributed by atoms with Crippen molar-refractivity contribution in [3.63, 3.8) is 0 Å². The van der Waals surface area contributed by atoms with Gasteiger partial charge in [-0.05, 0) is 31.8 Å². The number of allylic oxidation sites excluding steroid dienone is 1. The lowest BCUT2D eigenvalue weighted by Gasteiger charge is -2.04. The Balaban J connectivity index is 2.69. The van der Waals surface area contributed by atoms with Crippen LogP contribution in [-0.4, -0.2) is 11.2 Å². The van der Waals surface area contributed by atoms with Gasteiger partial charge in [-0.15, -0.1) is 0 Å². The van der Waals surface area contributed by atoms with E-state index in [1.165, 1.54) is 11.1 Å². The Labute approximate surface area is 56.4 Å². The van der Waals surface area contributed by atoms with Gasteiger partial charge < -0.3 is 5.11 Å². The van der Waals surface area contributed by atoms with E-state index < -0.39 is 0 Å². The van der Waals surface area contributed by atoms with Crippen LogP contribution in [0.4, 0.5) is 0 Å². The largest absolute Gasteiger partial charge is 0.389 e. The van der Waals surface area contributed by atoms with Crippen LogP contribution in [0.2, 0.25) is 0 Å². The van der Waals surface area contributed by atoms with Crippen molar-refractivity contribution in [3.8, 4) is 0 Å². The maximum atomic E-state index is 9.30. The quantitative estimate of drug-likeness (QED) is 0.532. The molecule has 0 radical (unpaired) electrons. The van der Waals surface area contributed by atoms with E-state index in [4.69, 9.17) is 0 Å². The van der Waals surface area contributed by atoms with Crippen molar-refractivity contribution in [2.45, 2.75) is 39.2 Å². The SMILES string of the molecule is CCC1=C(C)CCC1O. The molecule has 1 aliphatic carbocycles. The Morgan fingerprint density at radius 3 is 2.56 bits per heavy atom. The molecule has 0 aromatic carbocycles. The molecule has 1 N–H and O–H groups in total. The van der Waals surface area contributed by atoms with Crippen LogP contribution < -0.4 is 0 Å². The third-order valence-electron chi connectivity index (χ3n) is 2.12. The number of aliphatic hydroxyl groups is 1. The molecule has 0 saturated heterocycles. The lowest BCUT2D eigenvalue weighted by Crippen LogP contribution is -2.03. The average Bonchev–Trinajstić information content (AvgIpc) is 2.12. The molecule has 0 amide bonds. The predicted molar refractivity (Wildman–Crippen MR) is 38.2 cm³/mol. The predicted octanol–water partition coefficient (Wildman–Crippen LogP) is 1.87. The molecule has 1 atom stereocenters. The molecule has 1 unspecified atom stereocenters. The Bertz CT molecular complexity index is 136. The van der Waals surface area contributed by atoms with E-state index in [0.29, 0.717) is 0 Å². The molecule has 9 heavy (non-hydrogen) atoms. The van der Waals surface area contributed by atoms with Crippen molar-refractivity contribution in [2.24, 2.45) is 0 Å². The summed E-state index contributed by atoms with van der Waals surface area (Å²) in [7, 11) is 0. The van der Waals surface area contributed by atoms with Gasteiger partial charge in [0.05, 0.1) is 6.10 Å². The second-order valence-corrected chi connectivity index (χ2v) is 2.71. The van der Waals surface area contributed by atoms with Crippen molar-refractivity contribution in [1.29, 1.82) is 0 Å². The Morgan fingerprint density at radius 1 is 1.67 bits per heavy atom. The highest BCUT2D eigenvalue weighted by atomic mass is 16.3. The first kappa shape index (κ1) is 6.81. The molecule has 0 saturated carbocycles. The summed E-state index contributed by atoms with van der Waals surface area (Å²) in [5.74, 6) is 0. The van der Waals surface area contributed by atoms with Crippen LogP contribution in [0.1, 0.15) is 33.1 Å². The second kappa shape index (κ2) is 2.53. The number of hydrogen-bond acceptors (Lipinski definition) is 1. The van der Waals surface area contributed by atoms with E-state index in [9.17, 15) is 5.11 Å². The summed E-state index contributed by atoms with van der Waals surface area (Å²) >= 11 is 0. The van der Waals surface area contributed by atoms with Gasteiger partial charge in [0.15, 0.2) is 0 Å². The summed E-state index contributed by atoms with van der Waals surface area (Å²) in [5, 5.41) is 9.30. The fourth-order valence-corrected chi connectivity index (χ4v) is 1.51. The standard InChI is InChI=1S/C8H14O/c1-3-7-6(2)4-5-8(7)9/h8-9H,3-5H2,1-2H3. The van der Waals surface area contributed by atoms with Gasteiger partial charge in [0.2, 0.25) is 0 Å². The average molecular weight is 126 g/mol. The van der Waals surface area contributed by atoms with Crippen LogP contribution in [0.5, 0.6) is 0 Å². The van der Waals surface area contributed by atoms with Crippen LogP contribution in [0.3, 0.4) is 0 Å². The maximum Gasteiger partial charge on any atom is 0.0755 e. The summed E-state index contributed by atoms with van der Waals surface area (Å²) in [4.78, 5) is 0. The molecule has 0 heterocycles. The third-order valence-corrected chi connectivity index (χ3v) is 2.12. The van der Waals surface area contributed by atoms with Crippen molar-refractivity contribution in [2.75, 3.05) is 0 Å². The molecule has 0 fully saturated rings. The third kappa shape index (κ3) is 1.16. The van der Waals surface area contributed by atoms with E-state index >= 15 is 0 Å². The van der Waals surface area contributed by atoms with Crippen molar-refractivity contribution in [3.05, 3.63) is 11.1 Å². The van der Waals surface area contributed by atoms with Crippen LogP contribution in [0.15, 0.2) is 11.1 Å². The van der Waals surface area contributed by atoms with Crippen LogP contribution >= 0.6 is 0 Å². The summed E-state index contributed by atoms with van der Waals surface area (Å²) in [6, 6.07) is 0. The highest BCUT2D eigenvalue weighted by Gasteiger charge is 2.18. The summed E-state index contributed by atoms with van der Waals surface area (Å²) < 4.78 is 0. The molecule has 52 valence electrons. The molecular formula is C8H14O. The van der Waals surface area contributed by atoms with E-state index in [1.807, 2.05) is 0 Å². The van der Waals surface area contributed by atoms with Gasteiger partial charge in [0.1, 0.15) is 0 Å². The monoisotopic (exact) mass is 126 g/mol. The van der Waals surface area contributed by atoms with E-state index in [0.717, 1.165) is 19.3 Å². The van der Waals surface area contributed by atoms with Gasteiger partial charge in [0, 0.05) is 0 Å². The first-order valence-electron chi connectivity index (χ1n) is 3.62. The van der Waals surface area contributed by atoms with Gasteiger partial charge in [-0.2, -0.15) is 0 Å². The van der Waals surface area contributed by atoms with Crippen molar-refractivity contribution < 1.29 is 5.11 Å². The van der Waals surface area contributed by atoms with Crippen LogP contribution in [-0.2, 0) is 0 Å². The fourth-order valence-electron chi connectivity index (χ4n) is 1.51. The molecular weight excluding hydrogens is 112 g/mol. The zero-order chi connectivity index (χ0) is 6.85. The topological polar surface area (TPSA) is 20.2 Å². The van der Waals surface area contributed by atoms with Gasteiger partial charge in [-0.1, -0.05) is 12.5 Å². The minimum absolute atomic E-state index is 0.116. The maximum absolute atomic E-state index is 9.30. The van der Waals surface area contributed by atoms with Gasteiger partial charge >= 0.3 is 0 Å². The first-order valence-corrected chi connectivity index (χ1v) is 3.62. The summed E-state index contributed by atoms with van der Waals surface area (Å²) in [6.07, 6.45) is 2.96. The van der Waals surface area contributed by atoms with Crippen molar-refractivity contribution >= 4 is 0 Å². The van der Waals surface area contributed by atoms with E-state index in [-0.39, 0.29) is 6.10 Å². The fraction of sp³-hybridized carbons (Fsp3) is 0.750. The minimum Gasteiger partial charge on any atom is -0.389 e. The van der Waals surface area contributed by atoms with E-state index in [2.05, 4.69) is 13.8 Å². The van der Waals surface area contributed by atoms with Crippen LogP contribution in [0.25, 0.3) is 0 Å². The second-order valence-electron chi connectivity index (χ2n) is 2.71. The molecule has 0 spiro atoms. The molecule has 1 rings (SSSR count). The zero-order valence-corrected chi connectivity index (χ0v) is 6.15. The minimum atomic E-state index is -0.116. The molecule has 0 aromatic rings. The van der Waals surface area contributed by atoms with Gasteiger partial charge in [-0.25, -0.2) is 0 Å². The Morgan fingerprint density at radius 2 is 2.33 bits per heavy atom. The van der Waals surface area contributed by atoms with Gasteiger partial charge in [-0.3, -0.25) is 0 Å². The highest BCUT2D eigenvalue weighted by molar-refractivity contribution is 5.21. The van der Waals surface area contributed by atoms with Gasteiger partial charge in [0.25, 0.3) is 0 Å². The molecule has 1 aliphatic rings. The Kier molecular flexibility index (Phi) is 1.91. The van der Waals surface area contributed by atoms with Crippen molar-refractivity contribution in [1.82, 2.24) is 0 Å². The lowest BCUT2D eigenvalue weighted by atomic mass is 10.1. The Hall–Kier alpha value is -0.300. The van der Waals surface area contributed by atoms with E-state index in [1.54, 1.807) is 0 Å². The smallest absolute Gasteiger partial charge is 0.0755 e. The highest BCUT2D eigenvalue weighted by Crippen LogP contribution is 2.27. The molecule has 1 heteroatoms. The number of hydrogen-bond donors (Lipinski definition) is 1. The van der Waals surface area contributed by atoms with Crippen LogP contribution in [0, 0.1) is 0 Å².